The quantitative estimate of drug-likeness (QED) is 0.324. The van der Waals surface area contributed by atoms with Crippen molar-refractivity contribution in [2.75, 3.05) is 0 Å². The van der Waals surface area contributed by atoms with Crippen LogP contribution in [-0.2, 0) is 0 Å². The molecule has 8 heteroatoms. The van der Waals surface area contributed by atoms with Gasteiger partial charge in [-0.1, -0.05) is 6.07 Å². The fourth-order valence-corrected chi connectivity index (χ4v) is 0.745. The summed E-state index contributed by atoms with van der Waals surface area (Å²) in [5, 5.41) is 4.08. The van der Waals surface area contributed by atoms with Gasteiger partial charge in [0.15, 0.2) is 10.8 Å². The Morgan fingerprint density at radius 3 is 1.08 bits per heavy atom. The fourth-order valence-electron chi connectivity index (χ4n) is 0.291. The van der Waals surface area contributed by atoms with Gasteiger partial charge in [0.25, 0.3) is 0 Å². The maximum absolute atomic E-state index is 10.7. The molecule has 78 valence electrons. The largest absolute Gasteiger partial charge is 0.211 e. The van der Waals surface area contributed by atoms with Gasteiger partial charge in [-0.05, 0) is 12.1 Å². The van der Waals surface area contributed by atoms with E-state index in [2.05, 4.69) is 0 Å². The molecule has 0 atom stereocenters. The number of halogens is 6. The Balaban J connectivity index is 0.000000223. The minimum Gasteiger partial charge on any atom is -0.0524 e. The minimum atomic E-state index is -10.7. The number of hydrogen-bond donors (Lipinski definition) is 0. The van der Waals surface area contributed by atoms with Crippen molar-refractivity contribution >= 4 is 19.1 Å². The maximum Gasteiger partial charge on any atom is 0.211 e. The molecule has 0 spiro atoms. The van der Waals surface area contributed by atoms with Crippen LogP contribution in [0.5, 0.6) is 0 Å². The van der Waals surface area contributed by atoms with Crippen LogP contribution in [0.15, 0.2) is 29.0 Å². The summed E-state index contributed by atoms with van der Waals surface area (Å²) in [7, 11) is -10.7. The molecular weight excluding hydrogens is 237 g/mol. The first-order valence-electron chi connectivity index (χ1n) is 2.82. The van der Waals surface area contributed by atoms with Crippen LogP contribution < -0.4 is 0 Å². The van der Waals surface area contributed by atoms with Gasteiger partial charge in [0.1, 0.15) is 0 Å². The summed E-state index contributed by atoms with van der Waals surface area (Å²) in [6.07, 6.45) is 0. The summed E-state index contributed by atoms with van der Waals surface area (Å²) in [5.41, 5.74) is 0. The molecule has 0 radical (unpaired) electrons. The minimum absolute atomic E-state index is 1.70. The first kappa shape index (κ1) is 12.6. The van der Waals surface area contributed by atoms with Crippen molar-refractivity contribution in [3.63, 3.8) is 0 Å². The normalized spacial score (nSPS) is 16.2. The average molecular weight is 242 g/mol. The van der Waals surface area contributed by atoms with E-state index in [-0.39, 0.29) is 0 Å². The van der Waals surface area contributed by atoms with E-state index in [0.717, 1.165) is 0 Å². The number of hydrogen-bond acceptors (Lipinski definition) is 0. The van der Waals surface area contributed by atoms with Gasteiger partial charge in [-0.15, -0.1) is 0 Å². The molecule has 0 saturated carbocycles. The molecule has 1 aromatic rings. The molecule has 0 aliphatic carbocycles. The molecule has 1 aromatic heterocycles. The molecule has 1 heterocycles. The zero-order chi connectivity index (χ0) is 10.7. The van der Waals surface area contributed by atoms with E-state index in [4.69, 9.17) is 0 Å². The fraction of sp³-hybridized carbons (Fsp3) is 0. The van der Waals surface area contributed by atoms with Crippen LogP contribution in [0, 0.1) is 0 Å². The van der Waals surface area contributed by atoms with Crippen molar-refractivity contribution in [1.82, 2.24) is 0 Å². The molecular formula is C5H5F6PS. The molecule has 0 aliphatic heterocycles. The molecule has 0 fully saturated rings. The summed E-state index contributed by atoms with van der Waals surface area (Å²) >= 11 is 1.70. The topological polar surface area (TPSA) is 0 Å². The Hall–Kier alpha value is -0.420. The van der Waals surface area contributed by atoms with Crippen molar-refractivity contribution in [2.24, 2.45) is 0 Å². The summed E-state index contributed by atoms with van der Waals surface area (Å²) in [4.78, 5) is 0. The predicted molar refractivity (Wildman–Crippen MR) is 42.3 cm³/mol. The molecule has 0 unspecified atom stereocenters. The molecule has 0 aliphatic rings. The van der Waals surface area contributed by atoms with Gasteiger partial charge in [-0.2, -0.15) is 0 Å². The van der Waals surface area contributed by atoms with Gasteiger partial charge in [-0.3, -0.25) is 0 Å². The van der Waals surface area contributed by atoms with Gasteiger partial charge in [-0.25, -0.2) is 0 Å². The Morgan fingerprint density at radius 2 is 1.00 bits per heavy atom. The third kappa shape index (κ3) is 34.1. The Kier molecular flexibility index (Phi) is 2.96. The zero-order valence-corrected chi connectivity index (χ0v) is 7.72. The molecule has 0 nitrogen and oxygen atoms in total. The second-order valence-corrected chi connectivity index (χ2v) is 4.68. The number of rotatable bonds is 0. The van der Waals surface area contributed by atoms with Crippen LogP contribution in [0.3, 0.4) is 0 Å². The average Bonchev–Trinajstić information content (AvgIpc) is 1.84. The van der Waals surface area contributed by atoms with Crippen molar-refractivity contribution < 1.29 is 25.2 Å². The van der Waals surface area contributed by atoms with Crippen molar-refractivity contribution in [3.05, 3.63) is 29.0 Å². The Bertz CT molecular complexity index is 213. The van der Waals surface area contributed by atoms with Gasteiger partial charge < -0.3 is 0 Å². The standard InChI is InChI=1S/C5H5S.F6P/c1-2-4-6-5-3-1;1-7(2,3,4,5)6/h1-5H;/q+1;-1. The Morgan fingerprint density at radius 1 is 0.692 bits per heavy atom. The van der Waals surface area contributed by atoms with Crippen LogP contribution >= 0.6 is 19.1 Å². The van der Waals surface area contributed by atoms with Crippen LogP contribution in [0.4, 0.5) is 25.2 Å². The van der Waals surface area contributed by atoms with Crippen LogP contribution in [-0.4, -0.2) is 0 Å². The first-order chi connectivity index (χ1) is 5.45. The summed E-state index contributed by atoms with van der Waals surface area (Å²) in [6, 6.07) is 6.05. The smallest absolute Gasteiger partial charge is 0.0524 e. The van der Waals surface area contributed by atoms with Crippen molar-refractivity contribution in [1.29, 1.82) is 0 Å². The van der Waals surface area contributed by atoms with Gasteiger partial charge >= 0.3 is 33.0 Å². The van der Waals surface area contributed by atoms with E-state index in [1.54, 1.807) is 11.3 Å². The van der Waals surface area contributed by atoms with E-state index in [1.165, 1.54) is 0 Å². The molecule has 1 rings (SSSR count). The maximum atomic E-state index is 9.87. The van der Waals surface area contributed by atoms with Crippen LogP contribution in [0.2, 0.25) is 0 Å². The molecule has 0 saturated heterocycles. The van der Waals surface area contributed by atoms with Gasteiger partial charge in [0.2, 0.25) is 11.3 Å². The zero-order valence-electron chi connectivity index (χ0n) is 6.01. The second-order valence-electron chi connectivity index (χ2n) is 1.94. The van der Waals surface area contributed by atoms with E-state index < -0.39 is 7.81 Å². The molecule has 0 bridgehead atoms. The van der Waals surface area contributed by atoms with E-state index >= 15 is 0 Å². The molecule has 0 N–H and O–H groups in total. The first-order valence-corrected chi connectivity index (χ1v) is 5.79. The molecule has 0 aromatic carbocycles. The van der Waals surface area contributed by atoms with Crippen molar-refractivity contribution in [2.45, 2.75) is 0 Å². The Labute approximate surface area is 74.1 Å². The van der Waals surface area contributed by atoms with Crippen LogP contribution in [0.1, 0.15) is 0 Å². The summed E-state index contributed by atoms with van der Waals surface area (Å²) in [5.74, 6) is 0. The van der Waals surface area contributed by atoms with E-state index in [1.807, 2.05) is 29.0 Å². The second kappa shape index (κ2) is 3.06. The molecule has 13 heavy (non-hydrogen) atoms. The van der Waals surface area contributed by atoms with Gasteiger partial charge in [0, 0.05) is 0 Å². The van der Waals surface area contributed by atoms with E-state index in [9.17, 15) is 25.2 Å². The third-order valence-corrected chi connectivity index (χ3v) is 1.17. The summed E-state index contributed by atoms with van der Waals surface area (Å²) in [6.45, 7) is 0. The summed E-state index contributed by atoms with van der Waals surface area (Å²) < 4.78 is 59.2. The monoisotopic (exact) mass is 242 g/mol. The predicted octanol–water partition coefficient (Wildman–Crippen LogP) is 5.41. The third-order valence-electron chi connectivity index (χ3n) is 0.536. The van der Waals surface area contributed by atoms with Crippen molar-refractivity contribution in [3.8, 4) is 0 Å². The van der Waals surface area contributed by atoms with E-state index in [0.29, 0.717) is 0 Å². The van der Waals surface area contributed by atoms with Crippen LogP contribution in [0.25, 0.3) is 0 Å². The SMILES string of the molecule is F[P-](F)(F)(F)(F)F.c1cc[s+]cc1. The molecule has 0 amide bonds. The van der Waals surface area contributed by atoms with Gasteiger partial charge in [0.05, 0.1) is 0 Å².